The van der Waals surface area contributed by atoms with Gasteiger partial charge < -0.3 is 5.32 Å². The number of hydrogen-bond acceptors (Lipinski definition) is 2. The van der Waals surface area contributed by atoms with E-state index in [-0.39, 0.29) is 0 Å². The first-order valence-electron chi connectivity index (χ1n) is 6.50. The van der Waals surface area contributed by atoms with E-state index in [2.05, 4.69) is 48.2 Å². The van der Waals surface area contributed by atoms with Gasteiger partial charge in [0.2, 0.25) is 0 Å². The lowest BCUT2D eigenvalue weighted by Gasteiger charge is -2.40. The van der Waals surface area contributed by atoms with Crippen LogP contribution in [-0.2, 0) is 0 Å². The predicted octanol–water partition coefficient (Wildman–Crippen LogP) is 5.05. The van der Waals surface area contributed by atoms with Gasteiger partial charge in [0.1, 0.15) is 0 Å². The van der Waals surface area contributed by atoms with Gasteiger partial charge >= 0.3 is 0 Å². The first-order valence-corrected chi connectivity index (χ1v) is 8.11. The lowest BCUT2D eigenvalue weighted by atomic mass is 9.70. The highest BCUT2D eigenvalue weighted by Gasteiger charge is 2.36. The van der Waals surface area contributed by atoms with Crippen LogP contribution < -0.4 is 5.32 Å². The fraction of sp³-hybridized carbons (Fsp3) is 0.714. The molecule has 0 bridgehead atoms. The molecule has 2 rings (SSSR count). The fourth-order valence-electron chi connectivity index (χ4n) is 3.11. The lowest BCUT2D eigenvalue weighted by Crippen LogP contribution is -2.35. The van der Waals surface area contributed by atoms with Crippen LogP contribution in [0.3, 0.4) is 0 Å². The van der Waals surface area contributed by atoms with Crippen molar-refractivity contribution in [3.8, 4) is 0 Å². The van der Waals surface area contributed by atoms with Crippen molar-refractivity contribution in [3.63, 3.8) is 0 Å². The molecule has 1 fully saturated rings. The minimum Gasteiger partial charge on any atom is -0.312 e. The van der Waals surface area contributed by atoms with Crippen molar-refractivity contribution in [1.29, 1.82) is 0 Å². The Morgan fingerprint density at radius 3 is 2.47 bits per heavy atom. The van der Waals surface area contributed by atoms with Gasteiger partial charge in [-0.15, -0.1) is 11.3 Å². The van der Waals surface area contributed by atoms with Crippen molar-refractivity contribution in [2.75, 3.05) is 7.05 Å². The van der Waals surface area contributed by atoms with Crippen LogP contribution in [0, 0.1) is 12.3 Å². The number of hydrogen-bond donors (Lipinski definition) is 1. The Hall–Kier alpha value is 0.140. The summed E-state index contributed by atoms with van der Waals surface area (Å²) in [6.07, 6.45) is 6.90. The average molecular weight is 316 g/mol. The molecule has 0 spiro atoms. The summed E-state index contributed by atoms with van der Waals surface area (Å²) in [4.78, 5) is 1.49. The molecule has 0 radical (unpaired) electrons. The van der Waals surface area contributed by atoms with Gasteiger partial charge in [0.15, 0.2) is 0 Å². The van der Waals surface area contributed by atoms with Gasteiger partial charge in [-0.05, 0) is 59.8 Å². The molecule has 96 valence electrons. The van der Waals surface area contributed by atoms with Gasteiger partial charge in [-0.2, -0.15) is 0 Å². The molecule has 1 atom stereocenters. The monoisotopic (exact) mass is 315 g/mol. The van der Waals surface area contributed by atoms with Crippen molar-refractivity contribution in [1.82, 2.24) is 5.32 Å². The Morgan fingerprint density at radius 2 is 2.00 bits per heavy atom. The van der Waals surface area contributed by atoms with E-state index < -0.39 is 0 Å². The Balaban J connectivity index is 2.25. The lowest BCUT2D eigenvalue weighted by molar-refractivity contribution is 0.152. The Labute approximate surface area is 117 Å². The SMILES string of the molecule is CNC(c1cc(C)c(Br)s1)C1(C)CCCCC1. The van der Waals surface area contributed by atoms with Crippen molar-refractivity contribution < 1.29 is 0 Å². The van der Waals surface area contributed by atoms with Crippen molar-refractivity contribution in [2.24, 2.45) is 5.41 Å². The predicted molar refractivity (Wildman–Crippen MR) is 79.7 cm³/mol. The topological polar surface area (TPSA) is 12.0 Å². The average Bonchev–Trinajstić information content (AvgIpc) is 2.60. The summed E-state index contributed by atoms with van der Waals surface area (Å²) in [5.74, 6) is 0. The molecular formula is C14H22BrNS. The summed E-state index contributed by atoms with van der Waals surface area (Å²) in [6, 6.07) is 2.85. The third-order valence-corrected chi connectivity index (χ3v) is 6.34. The molecule has 0 saturated heterocycles. The molecule has 1 nitrogen and oxygen atoms in total. The third-order valence-electron chi connectivity index (χ3n) is 4.14. The van der Waals surface area contributed by atoms with E-state index in [1.54, 1.807) is 0 Å². The minimum atomic E-state index is 0.434. The number of thiophene rings is 1. The summed E-state index contributed by atoms with van der Waals surface area (Å²) in [5, 5.41) is 3.56. The second kappa shape index (κ2) is 5.41. The first kappa shape index (κ1) is 13.6. The zero-order valence-electron chi connectivity index (χ0n) is 11.0. The zero-order valence-corrected chi connectivity index (χ0v) is 13.4. The highest BCUT2D eigenvalue weighted by molar-refractivity contribution is 9.11. The van der Waals surface area contributed by atoms with Crippen molar-refractivity contribution >= 4 is 27.3 Å². The number of aryl methyl sites for hydroxylation is 1. The maximum absolute atomic E-state index is 3.65. The maximum atomic E-state index is 3.65. The van der Waals surface area contributed by atoms with Gasteiger partial charge in [-0.25, -0.2) is 0 Å². The van der Waals surface area contributed by atoms with Crippen LogP contribution in [0.4, 0.5) is 0 Å². The van der Waals surface area contributed by atoms with Crippen LogP contribution in [-0.4, -0.2) is 7.05 Å². The Bertz CT molecular complexity index is 360. The van der Waals surface area contributed by atoms with E-state index in [1.165, 1.54) is 46.3 Å². The second-order valence-electron chi connectivity index (χ2n) is 5.54. The van der Waals surface area contributed by atoms with Gasteiger partial charge in [0, 0.05) is 10.9 Å². The van der Waals surface area contributed by atoms with Crippen LogP contribution in [0.25, 0.3) is 0 Å². The second-order valence-corrected chi connectivity index (χ2v) is 7.94. The largest absolute Gasteiger partial charge is 0.312 e. The molecule has 17 heavy (non-hydrogen) atoms. The van der Waals surface area contributed by atoms with Gasteiger partial charge in [-0.3, -0.25) is 0 Å². The maximum Gasteiger partial charge on any atom is 0.0731 e. The highest BCUT2D eigenvalue weighted by atomic mass is 79.9. The molecule has 1 heterocycles. The molecule has 1 saturated carbocycles. The van der Waals surface area contributed by atoms with Crippen LogP contribution in [0.5, 0.6) is 0 Å². The Kier molecular flexibility index (Phi) is 4.32. The summed E-state index contributed by atoms with van der Waals surface area (Å²) >= 11 is 5.54. The van der Waals surface area contributed by atoms with E-state index in [0.29, 0.717) is 11.5 Å². The smallest absolute Gasteiger partial charge is 0.0731 e. The van der Waals surface area contributed by atoms with Crippen LogP contribution >= 0.6 is 27.3 Å². The van der Waals surface area contributed by atoms with Crippen molar-refractivity contribution in [3.05, 3.63) is 20.3 Å². The molecule has 0 aliphatic heterocycles. The molecule has 1 unspecified atom stereocenters. The summed E-state index contributed by atoms with van der Waals surface area (Å²) < 4.78 is 1.28. The summed E-state index contributed by atoms with van der Waals surface area (Å²) in [5.41, 5.74) is 1.80. The summed E-state index contributed by atoms with van der Waals surface area (Å²) in [6.45, 7) is 4.64. The van der Waals surface area contributed by atoms with E-state index in [9.17, 15) is 0 Å². The molecule has 0 amide bonds. The number of rotatable bonds is 3. The molecule has 0 aromatic carbocycles. The summed E-state index contributed by atoms with van der Waals surface area (Å²) in [7, 11) is 2.10. The molecule has 1 N–H and O–H groups in total. The Morgan fingerprint density at radius 1 is 1.35 bits per heavy atom. The van der Waals surface area contributed by atoms with Gasteiger partial charge in [0.25, 0.3) is 0 Å². The molecular weight excluding hydrogens is 294 g/mol. The van der Waals surface area contributed by atoms with E-state index in [1.807, 2.05) is 11.3 Å². The van der Waals surface area contributed by atoms with E-state index in [0.717, 1.165) is 0 Å². The molecule has 1 aromatic heterocycles. The minimum absolute atomic E-state index is 0.434. The number of halogens is 1. The van der Waals surface area contributed by atoms with Gasteiger partial charge in [-0.1, -0.05) is 26.2 Å². The zero-order chi connectivity index (χ0) is 12.5. The van der Waals surface area contributed by atoms with Crippen LogP contribution in [0.1, 0.15) is 55.5 Å². The highest BCUT2D eigenvalue weighted by Crippen LogP contribution is 2.47. The van der Waals surface area contributed by atoms with E-state index >= 15 is 0 Å². The van der Waals surface area contributed by atoms with Gasteiger partial charge in [0.05, 0.1) is 3.79 Å². The molecule has 1 aliphatic carbocycles. The number of nitrogens with one attached hydrogen (secondary N) is 1. The fourth-order valence-corrected chi connectivity index (χ4v) is 4.97. The quantitative estimate of drug-likeness (QED) is 0.823. The first-order chi connectivity index (χ1) is 8.07. The van der Waals surface area contributed by atoms with E-state index in [4.69, 9.17) is 0 Å². The van der Waals surface area contributed by atoms with Crippen LogP contribution in [0.2, 0.25) is 0 Å². The van der Waals surface area contributed by atoms with Crippen molar-refractivity contribution in [2.45, 2.75) is 52.0 Å². The van der Waals surface area contributed by atoms with Crippen LogP contribution in [0.15, 0.2) is 9.85 Å². The normalized spacial score (nSPS) is 21.4. The molecule has 1 aromatic rings. The molecule has 1 aliphatic rings. The molecule has 3 heteroatoms. The third kappa shape index (κ3) is 2.77. The standard InChI is InChI=1S/C14H22BrNS/c1-10-9-11(17-13(10)15)12(16-3)14(2)7-5-4-6-8-14/h9,12,16H,4-8H2,1-3H3.